The first-order chi connectivity index (χ1) is 7.59. The number of nitrogens with zero attached hydrogens (tertiary/aromatic N) is 1. The van der Waals surface area contributed by atoms with Gasteiger partial charge in [0.25, 0.3) is 0 Å². The molecule has 16 heavy (non-hydrogen) atoms. The predicted octanol–water partition coefficient (Wildman–Crippen LogP) is 2.14. The average Bonchev–Trinajstić information content (AvgIpc) is 2.61. The Morgan fingerprint density at radius 3 is 2.69 bits per heavy atom. The van der Waals surface area contributed by atoms with E-state index in [1.165, 1.54) is 0 Å². The highest BCUT2D eigenvalue weighted by molar-refractivity contribution is 7.17. The molecule has 3 nitrogen and oxygen atoms in total. The van der Waals surface area contributed by atoms with Gasteiger partial charge in [0.1, 0.15) is 5.01 Å². The van der Waals surface area contributed by atoms with E-state index in [0.717, 1.165) is 16.9 Å². The van der Waals surface area contributed by atoms with Crippen LogP contribution in [0, 0.1) is 6.92 Å². The highest BCUT2D eigenvalue weighted by atomic mass is 35.5. The average molecular weight is 253 g/mol. The van der Waals surface area contributed by atoms with E-state index >= 15 is 0 Å². The maximum Gasteiger partial charge on any atom is 0.125 e. The molecule has 0 amide bonds. The topological polar surface area (TPSA) is 53.0 Å². The van der Waals surface area contributed by atoms with E-state index in [9.17, 15) is 9.90 Å². The number of halogens is 1. The highest BCUT2D eigenvalue weighted by Gasteiger charge is 2.11. The molecule has 0 saturated carbocycles. The van der Waals surface area contributed by atoms with E-state index in [1.54, 1.807) is 19.1 Å². The van der Waals surface area contributed by atoms with Gasteiger partial charge in [-0.3, -0.25) is 0 Å². The van der Waals surface area contributed by atoms with Crippen LogP contribution in [0.5, 0.6) is 0 Å². The van der Waals surface area contributed by atoms with Crippen LogP contribution in [-0.4, -0.2) is 11.0 Å². The van der Waals surface area contributed by atoms with Gasteiger partial charge in [-0.2, -0.15) is 0 Å². The predicted molar refractivity (Wildman–Crippen MR) is 61.6 cm³/mol. The molecule has 0 atom stereocenters. The van der Waals surface area contributed by atoms with Gasteiger partial charge in [-0.25, -0.2) is 4.98 Å². The number of carboxylic acid groups (broad SMARTS) is 1. The number of aromatic carboxylic acids is 1. The summed E-state index contributed by atoms with van der Waals surface area (Å²) in [6.45, 7) is 1.64. The number of benzene rings is 1. The maximum absolute atomic E-state index is 10.8. The van der Waals surface area contributed by atoms with E-state index < -0.39 is 5.97 Å². The second kappa shape index (κ2) is 4.23. The van der Waals surface area contributed by atoms with Gasteiger partial charge in [0, 0.05) is 5.56 Å². The fourth-order valence-corrected chi connectivity index (χ4v) is 2.56. The molecule has 82 valence electrons. The quantitative estimate of drug-likeness (QED) is 0.823. The van der Waals surface area contributed by atoms with E-state index in [2.05, 4.69) is 4.98 Å². The Bertz CT molecular complexity index is 551. The largest absolute Gasteiger partial charge is 0.544 e. The molecule has 0 N–H and O–H groups in total. The first kappa shape index (κ1) is 11.1. The molecule has 5 heteroatoms. The van der Waals surface area contributed by atoms with Crippen molar-refractivity contribution in [1.82, 2.24) is 4.98 Å². The molecule has 1 heterocycles. The van der Waals surface area contributed by atoms with Crippen LogP contribution in [0.25, 0.3) is 10.6 Å². The van der Waals surface area contributed by atoms with Crippen LogP contribution in [0.15, 0.2) is 24.3 Å². The smallest absolute Gasteiger partial charge is 0.125 e. The lowest BCUT2D eigenvalue weighted by Crippen LogP contribution is -2.21. The Morgan fingerprint density at radius 1 is 1.44 bits per heavy atom. The molecule has 0 unspecified atom stereocenters. The second-order valence-electron chi connectivity index (χ2n) is 3.20. The molecule has 0 bridgehead atoms. The van der Waals surface area contributed by atoms with Crippen LogP contribution in [0.4, 0.5) is 0 Å². The Kier molecular flexibility index (Phi) is 2.94. The van der Waals surface area contributed by atoms with Gasteiger partial charge >= 0.3 is 0 Å². The zero-order chi connectivity index (χ0) is 11.7. The normalized spacial score (nSPS) is 10.4. The van der Waals surface area contributed by atoms with Gasteiger partial charge in [0.2, 0.25) is 0 Å². The van der Waals surface area contributed by atoms with Gasteiger partial charge in [0.05, 0.1) is 21.6 Å². The van der Waals surface area contributed by atoms with Crippen molar-refractivity contribution in [2.24, 2.45) is 0 Å². The molecule has 0 radical (unpaired) electrons. The van der Waals surface area contributed by atoms with Crippen LogP contribution >= 0.6 is 22.9 Å². The van der Waals surface area contributed by atoms with Crippen molar-refractivity contribution in [2.45, 2.75) is 6.92 Å². The summed E-state index contributed by atoms with van der Waals surface area (Å²) >= 11 is 7.08. The summed E-state index contributed by atoms with van der Waals surface area (Å²) in [6, 6.07) is 7.19. The van der Waals surface area contributed by atoms with Gasteiger partial charge in [-0.15, -0.1) is 11.3 Å². The molecule has 0 aliphatic rings. The minimum Gasteiger partial charge on any atom is -0.544 e. The summed E-state index contributed by atoms with van der Waals surface area (Å²) in [7, 11) is 0. The number of rotatable bonds is 2. The van der Waals surface area contributed by atoms with Gasteiger partial charge < -0.3 is 9.90 Å². The lowest BCUT2D eigenvalue weighted by molar-refractivity contribution is -0.254. The summed E-state index contributed by atoms with van der Waals surface area (Å²) in [5, 5.41) is 11.9. The number of carbonyl (C=O) groups is 1. The SMILES string of the molecule is Cc1nc(-c2ccccc2Cl)sc1C(=O)[O-]. The Labute approximate surface area is 101 Å². The fourth-order valence-electron chi connectivity index (χ4n) is 1.34. The minimum absolute atomic E-state index is 0.148. The molecule has 0 fully saturated rings. The zero-order valence-corrected chi connectivity index (χ0v) is 9.93. The number of aromatic nitrogens is 1. The van der Waals surface area contributed by atoms with Crippen molar-refractivity contribution in [2.75, 3.05) is 0 Å². The monoisotopic (exact) mass is 252 g/mol. The van der Waals surface area contributed by atoms with Crippen LogP contribution in [0.3, 0.4) is 0 Å². The number of hydrogen-bond donors (Lipinski definition) is 0. The number of carbonyl (C=O) groups excluding carboxylic acids is 1. The Balaban J connectivity index is 2.54. The zero-order valence-electron chi connectivity index (χ0n) is 8.36. The summed E-state index contributed by atoms with van der Waals surface area (Å²) in [4.78, 5) is 15.1. The number of aryl methyl sites for hydroxylation is 1. The molecule has 0 aliphatic carbocycles. The van der Waals surface area contributed by atoms with Crippen molar-refractivity contribution < 1.29 is 9.90 Å². The molecule has 0 spiro atoms. The molecule has 0 aliphatic heterocycles. The third-order valence-corrected chi connectivity index (χ3v) is 3.59. The first-order valence-electron chi connectivity index (χ1n) is 4.53. The van der Waals surface area contributed by atoms with Gasteiger partial charge in [-0.1, -0.05) is 29.8 Å². The summed E-state index contributed by atoms with van der Waals surface area (Å²) in [5.41, 5.74) is 1.20. The van der Waals surface area contributed by atoms with E-state index in [-0.39, 0.29) is 4.88 Å². The van der Waals surface area contributed by atoms with Crippen LogP contribution in [0.2, 0.25) is 5.02 Å². The third-order valence-electron chi connectivity index (χ3n) is 2.09. The standard InChI is InChI=1S/C11H8ClNO2S/c1-6-9(11(14)15)16-10(13-6)7-4-2-3-5-8(7)12/h2-5H,1H3,(H,14,15)/p-1. The fraction of sp³-hybridized carbons (Fsp3) is 0.0909. The van der Waals surface area contributed by atoms with Gasteiger partial charge in [-0.05, 0) is 13.0 Å². The molecule has 1 aromatic heterocycles. The lowest BCUT2D eigenvalue weighted by atomic mass is 10.2. The molecule has 2 aromatic rings. The Hall–Kier alpha value is -1.39. The van der Waals surface area contributed by atoms with E-state index in [4.69, 9.17) is 11.6 Å². The van der Waals surface area contributed by atoms with Crippen LogP contribution in [-0.2, 0) is 0 Å². The molecule has 1 aromatic carbocycles. The molecule has 0 saturated heterocycles. The summed E-state index contributed by atoms with van der Waals surface area (Å²) < 4.78 is 0. The van der Waals surface area contributed by atoms with Crippen molar-refractivity contribution in [3.63, 3.8) is 0 Å². The number of thiazole rings is 1. The number of hydrogen-bond acceptors (Lipinski definition) is 4. The van der Waals surface area contributed by atoms with Crippen molar-refractivity contribution >= 4 is 28.9 Å². The van der Waals surface area contributed by atoms with E-state index in [0.29, 0.717) is 15.7 Å². The summed E-state index contributed by atoms with van der Waals surface area (Å²) in [6.07, 6.45) is 0. The second-order valence-corrected chi connectivity index (χ2v) is 4.61. The van der Waals surface area contributed by atoms with Crippen molar-refractivity contribution in [3.05, 3.63) is 39.9 Å². The lowest BCUT2D eigenvalue weighted by Gasteiger charge is -1.98. The maximum atomic E-state index is 10.8. The van der Waals surface area contributed by atoms with Gasteiger partial charge in [0.15, 0.2) is 0 Å². The molecular formula is C11H7ClNO2S-. The van der Waals surface area contributed by atoms with Crippen molar-refractivity contribution in [3.8, 4) is 10.6 Å². The van der Waals surface area contributed by atoms with Crippen LogP contribution < -0.4 is 5.11 Å². The summed E-state index contributed by atoms with van der Waals surface area (Å²) in [5.74, 6) is -1.20. The van der Waals surface area contributed by atoms with Crippen molar-refractivity contribution in [1.29, 1.82) is 0 Å². The van der Waals surface area contributed by atoms with Crippen LogP contribution in [0.1, 0.15) is 15.4 Å². The minimum atomic E-state index is -1.20. The first-order valence-corrected chi connectivity index (χ1v) is 5.72. The molecular weight excluding hydrogens is 246 g/mol. The molecule has 2 rings (SSSR count). The number of carboxylic acids is 1. The Morgan fingerprint density at radius 2 is 2.12 bits per heavy atom. The highest BCUT2D eigenvalue weighted by Crippen LogP contribution is 2.32. The third kappa shape index (κ3) is 1.94. The van der Waals surface area contributed by atoms with E-state index in [1.807, 2.05) is 12.1 Å².